The van der Waals surface area contributed by atoms with Crippen LogP contribution in [0, 0.1) is 0 Å². The zero-order valence-electron chi connectivity index (χ0n) is 10.1. The predicted octanol–water partition coefficient (Wildman–Crippen LogP) is 0.0929. The van der Waals surface area contributed by atoms with Crippen molar-refractivity contribution in [2.24, 2.45) is 16.5 Å². The van der Waals surface area contributed by atoms with E-state index in [1.54, 1.807) is 6.92 Å². The fraction of sp³-hybridized carbons (Fsp3) is 0.700. The van der Waals surface area contributed by atoms with Crippen LogP contribution in [0.4, 0.5) is 4.79 Å². The molecule has 0 radical (unpaired) electrons. The Hall–Kier alpha value is -1.79. The molecule has 2 amide bonds. The first-order valence-electron chi connectivity index (χ1n) is 5.59. The molecule has 0 unspecified atom stereocenters. The van der Waals surface area contributed by atoms with Crippen molar-refractivity contribution in [3.63, 3.8) is 0 Å². The van der Waals surface area contributed by atoms with Gasteiger partial charge in [0, 0.05) is 13.0 Å². The Morgan fingerprint density at radius 2 is 1.94 bits per heavy atom. The van der Waals surface area contributed by atoms with Crippen LogP contribution >= 0.6 is 0 Å². The van der Waals surface area contributed by atoms with Crippen LogP contribution in [0.1, 0.15) is 32.6 Å². The molecule has 0 aliphatic carbocycles. The molecule has 5 N–H and O–H groups in total. The first-order valence-corrected chi connectivity index (χ1v) is 5.59. The lowest BCUT2D eigenvalue weighted by molar-refractivity contribution is -0.118. The standard InChI is InChI=1S/C10H20N4O3/c1-2-17-10(16)14-9(12)13-7-5-3-4-6-8(11)15/h2-7H2,1H3,(H2,11,15)(H3,12,13,14,16). The number of amides is 2. The van der Waals surface area contributed by atoms with Crippen molar-refractivity contribution >= 4 is 18.0 Å². The minimum Gasteiger partial charge on any atom is -0.448 e. The summed E-state index contributed by atoms with van der Waals surface area (Å²) in [4.78, 5) is 24.8. The van der Waals surface area contributed by atoms with Gasteiger partial charge in [-0.3, -0.25) is 4.79 Å². The molecular formula is C10H20N4O3. The number of hydrogen-bond acceptors (Lipinski definition) is 3. The third-order valence-electron chi connectivity index (χ3n) is 1.89. The fourth-order valence-corrected chi connectivity index (χ4v) is 1.11. The quantitative estimate of drug-likeness (QED) is 0.333. The third kappa shape index (κ3) is 10.5. The third-order valence-corrected chi connectivity index (χ3v) is 1.89. The van der Waals surface area contributed by atoms with Crippen molar-refractivity contribution in [3.8, 4) is 0 Å². The molecule has 0 saturated carbocycles. The highest BCUT2D eigenvalue weighted by atomic mass is 16.5. The van der Waals surface area contributed by atoms with Crippen molar-refractivity contribution in [1.29, 1.82) is 0 Å². The van der Waals surface area contributed by atoms with E-state index in [-0.39, 0.29) is 18.5 Å². The van der Waals surface area contributed by atoms with Gasteiger partial charge in [0.2, 0.25) is 5.91 Å². The van der Waals surface area contributed by atoms with Gasteiger partial charge >= 0.3 is 6.09 Å². The van der Waals surface area contributed by atoms with Crippen molar-refractivity contribution in [3.05, 3.63) is 0 Å². The summed E-state index contributed by atoms with van der Waals surface area (Å²) in [5.74, 6) is -0.250. The van der Waals surface area contributed by atoms with Gasteiger partial charge in [-0.15, -0.1) is 4.99 Å². The number of nitrogens with one attached hydrogen (secondary N) is 1. The number of carbonyl (C=O) groups excluding carboxylic acids is 2. The molecule has 0 saturated heterocycles. The molecule has 0 aliphatic rings. The predicted molar refractivity (Wildman–Crippen MR) is 64.3 cm³/mol. The smallest absolute Gasteiger partial charge is 0.436 e. The second-order valence-corrected chi connectivity index (χ2v) is 3.40. The Balaban J connectivity index is 3.53. The minimum atomic E-state index is -0.703. The van der Waals surface area contributed by atoms with Crippen LogP contribution in [0.2, 0.25) is 0 Å². The van der Waals surface area contributed by atoms with E-state index >= 15 is 0 Å². The second-order valence-electron chi connectivity index (χ2n) is 3.40. The highest BCUT2D eigenvalue weighted by Crippen LogP contribution is 1.97. The normalized spacial score (nSPS) is 11.0. The molecule has 0 aromatic rings. The lowest BCUT2D eigenvalue weighted by Gasteiger charge is -2.04. The largest absolute Gasteiger partial charge is 0.448 e. The average molecular weight is 244 g/mol. The molecule has 0 heterocycles. The van der Waals surface area contributed by atoms with Gasteiger partial charge in [0.25, 0.3) is 0 Å². The number of primary amides is 1. The van der Waals surface area contributed by atoms with Crippen LogP contribution in [0.5, 0.6) is 0 Å². The Morgan fingerprint density at radius 1 is 1.24 bits per heavy atom. The molecule has 7 heteroatoms. The van der Waals surface area contributed by atoms with E-state index in [9.17, 15) is 9.59 Å². The number of unbranched alkanes of at least 4 members (excludes halogenated alkanes) is 2. The van der Waals surface area contributed by atoms with E-state index in [4.69, 9.17) is 11.5 Å². The van der Waals surface area contributed by atoms with Gasteiger partial charge in [0.15, 0.2) is 5.96 Å². The van der Waals surface area contributed by atoms with Gasteiger partial charge in [-0.25, -0.2) is 4.79 Å². The van der Waals surface area contributed by atoms with E-state index < -0.39 is 6.09 Å². The van der Waals surface area contributed by atoms with E-state index in [1.807, 2.05) is 0 Å². The van der Waals surface area contributed by atoms with E-state index in [0.29, 0.717) is 13.0 Å². The van der Waals surface area contributed by atoms with Gasteiger partial charge < -0.3 is 21.5 Å². The van der Waals surface area contributed by atoms with Crippen molar-refractivity contribution in [1.82, 2.24) is 5.32 Å². The molecule has 17 heavy (non-hydrogen) atoms. The van der Waals surface area contributed by atoms with Gasteiger partial charge in [-0.05, 0) is 19.8 Å². The van der Waals surface area contributed by atoms with Crippen LogP contribution < -0.4 is 16.8 Å². The Bertz CT molecular complexity index is 279. The summed E-state index contributed by atoms with van der Waals surface area (Å²) >= 11 is 0. The summed E-state index contributed by atoms with van der Waals surface area (Å²) in [6, 6.07) is 0. The number of guanidine groups is 1. The van der Waals surface area contributed by atoms with Crippen molar-refractivity contribution < 1.29 is 14.3 Å². The summed E-state index contributed by atoms with van der Waals surface area (Å²) in [6.07, 6.45) is 2.14. The zero-order valence-corrected chi connectivity index (χ0v) is 10.1. The first-order chi connectivity index (χ1) is 8.06. The summed E-state index contributed by atoms with van der Waals surface area (Å²) < 4.78 is 4.59. The molecule has 0 aromatic heterocycles. The van der Waals surface area contributed by atoms with Crippen molar-refractivity contribution in [2.45, 2.75) is 32.6 Å². The molecule has 0 aromatic carbocycles. The molecule has 0 aliphatic heterocycles. The number of rotatable bonds is 7. The van der Waals surface area contributed by atoms with Crippen LogP contribution in [0.15, 0.2) is 4.99 Å². The molecule has 0 atom stereocenters. The van der Waals surface area contributed by atoms with Crippen LogP contribution in [-0.2, 0) is 9.53 Å². The lowest BCUT2D eigenvalue weighted by atomic mass is 10.2. The second kappa shape index (κ2) is 9.44. The number of ether oxygens (including phenoxy) is 1. The fourth-order valence-electron chi connectivity index (χ4n) is 1.11. The number of hydrogen-bond donors (Lipinski definition) is 3. The molecule has 0 fully saturated rings. The van der Waals surface area contributed by atoms with Gasteiger partial charge in [0.05, 0.1) is 6.61 Å². The van der Waals surface area contributed by atoms with E-state index in [1.165, 1.54) is 0 Å². The molecule has 0 bridgehead atoms. The Labute approximate surface area is 101 Å². The molecule has 98 valence electrons. The Morgan fingerprint density at radius 3 is 2.53 bits per heavy atom. The molecule has 0 rings (SSSR count). The maximum atomic E-state index is 10.9. The van der Waals surface area contributed by atoms with Gasteiger partial charge in [0.1, 0.15) is 0 Å². The summed E-state index contributed by atoms with van der Waals surface area (Å²) in [5, 5.41) is 2.77. The van der Waals surface area contributed by atoms with Gasteiger partial charge in [-0.1, -0.05) is 6.42 Å². The highest BCUT2D eigenvalue weighted by molar-refractivity contribution is 5.88. The molecular weight excluding hydrogens is 224 g/mol. The average Bonchev–Trinajstić information content (AvgIpc) is 2.23. The maximum Gasteiger partial charge on any atom is 0.436 e. The van der Waals surface area contributed by atoms with Crippen LogP contribution in [0.3, 0.4) is 0 Å². The maximum absolute atomic E-state index is 10.9. The first kappa shape index (κ1) is 15.2. The number of nitrogens with two attached hydrogens (primary N) is 2. The SMILES string of the molecule is CCOC(=O)/N=C(/N)NCCCCCC(N)=O. The van der Waals surface area contributed by atoms with E-state index in [0.717, 1.165) is 19.3 Å². The Kier molecular flexibility index (Phi) is 8.44. The number of nitrogens with zero attached hydrogens (tertiary/aromatic N) is 1. The monoisotopic (exact) mass is 244 g/mol. The van der Waals surface area contributed by atoms with Crippen molar-refractivity contribution in [2.75, 3.05) is 13.2 Å². The highest BCUT2D eigenvalue weighted by Gasteiger charge is 1.99. The summed E-state index contributed by atoms with van der Waals surface area (Å²) in [7, 11) is 0. The zero-order chi connectivity index (χ0) is 13.1. The topological polar surface area (TPSA) is 120 Å². The molecule has 7 nitrogen and oxygen atoms in total. The minimum absolute atomic E-state index is 0.0401. The number of aliphatic imine (C=N–C) groups is 1. The molecule has 0 spiro atoms. The summed E-state index contributed by atoms with van der Waals surface area (Å²) in [6.45, 7) is 2.55. The lowest BCUT2D eigenvalue weighted by Crippen LogP contribution is -2.33. The van der Waals surface area contributed by atoms with E-state index in [2.05, 4.69) is 15.0 Å². The van der Waals surface area contributed by atoms with Crippen LogP contribution in [-0.4, -0.2) is 31.1 Å². The van der Waals surface area contributed by atoms with Gasteiger partial charge in [-0.2, -0.15) is 0 Å². The van der Waals surface area contributed by atoms with Crippen LogP contribution in [0.25, 0.3) is 0 Å². The summed E-state index contributed by atoms with van der Waals surface area (Å²) in [5.41, 5.74) is 10.4. The number of carbonyl (C=O) groups is 2.